The van der Waals surface area contributed by atoms with Crippen molar-refractivity contribution in [1.82, 2.24) is 5.01 Å². The topological polar surface area (TPSA) is 62.9 Å². The van der Waals surface area contributed by atoms with E-state index in [-0.39, 0.29) is 11.9 Å². The number of carbonyl (C=O) groups is 1. The smallest absolute Gasteiger partial charge is 0.345 e. The van der Waals surface area contributed by atoms with Crippen molar-refractivity contribution in [2.75, 3.05) is 11.5 Å². The zero-order valence-corrected chi connectivity index (χ0v) is 17.7. The van der Waals surface area contributed by atoms with Crippen molar-refractivity contribution in [2.45, 2.75) is 32.2 Å². The number of para-hydroxylation sites is 1. The maximum Gasteiger partial charge on any atom is 0.345 e. The summed E-state index contributed by atoms with van der Waals surface area (Å²) in [5, 5.41) is 7.00. The van der Waals surface area contributed by atoms with Gasteiger partial charge in [-0.05, 0) is 29.9 Å². The van der Waals surface area contributed by atoms with E-state index in [4.69, 9.17) is 4.42 Å². The highest BCUT2D eigenvalue weighted by atomic mass is 32.2. The van der Waals surface area contributed by atoms with Crippen molar-refractivity contribution in [1.29, 1.82) is 0 Å². The van der Waals surface area contributed by atoms with Gasteiger partial charge in [-0.15, -0.1) is 0 Å². The normalized spacial score (nSPS) is 16.1. The first-order chi connectivity index (χ1) is 14.7. The van der Waals surface area contributed by atoms with Crippen LogP contribution in [0.1, 0.15) is 43.4 Å². The summed E-state index contributed by atoms with van der Waals surface area (Å²) in [5.74, 6) is 1.30. The second-order valence-electron chi connectivity index (χ2n) is 7.31. The molecule has 4 rings (SSSR count). The molecular formula is C24H24N2O3S. The first-order valence-corrected chi connectivity index (χ1v) is 11.4. The van der Waals surface area contributed by atoms with Gasteiger partial charge in [-0.2, -0.15) is 16.9 Å². The molecule has 0 spiro atoms. The number of benzene rings is 2. The maximum atomic E-state index is 13.0. The van der Waals surface area contributed by atoms with Gasteiger partial charge in [-0.1, -0.05) is 61.9 Å². The monoisotopic (exact) mass is 420 g/mol. The van der Waals surface area contributed by atoms with Crippen LogP contribution >= 0.6 is 11.8 Å². The molecule has 5 nitrogen and oxygen atoms in total. The van der Waals surface area contributed by atoms with Gasteiger partial charge in [0.2, 0.25) is 0 Å². The molecule has 1 aromatic heterocycles. The number of unbranched alkanes of at least 4 members (excludes halogenated alkanes) is 1. The first-order valence-electron chi connectivity index (χ1n) is 10.2. The van der Waals surface area contributed by atoms with Crippen molar-refractivity contribution >= 4 is 34.3 Å². The van der Waals surface area contributed by atoms with Crippen molar-refractivity contribution in [3.8, 4) is 0 Å². The lowest BCUT2D eigenvalue weighted by molar-refractivity contribution is -0.130. The highest BCUT2D eigenvalue weighted by Crippen LogP contribution is 2.33. The van der Waals surface area contributed by atoms with Crippen LogP contribution < -0.4 is 5.63 Å². The Labute approximate surface area is 179 Å². The van der Waals surface area contributed by atoms with E-state index >= 15 is 0 Å². The zero-order chi connectivity index (χ0) is 20.9. The number of hydrazone groups is 1. The van der Waals surface area contributed by atoms with Crippen LogP contribution in [0.3, 0.4) is 0 Å². The molecule has 0 saturated heterocycles. The van der Waals surface area contributed by atoms with E-state index < -0.39 is 5.63 Å². The van der Waals surface area contributed by atoms with Crippen LogP contribution in [0, 0.1) is 0 Å². The number of rotatable bonds is 7. The predicted molar refractivity (Wildman–Crippen MR) is 122 cm³/mol. The quantitative estimate of drug-likeness (QED) is 0.398. The molecule has 1 aliphatic heterocycles. The van der Waals surface area contributed by atoms with Crippen LogP contribution in [0.5, 0.6) is 0 Å². The third kappa shape index (κ3) is 4.33. The summed E-state index contributed by atoms with van der Waals surface area (Å²) in [5.41, 5.74) is 2.14. The number of nitrogens with zero attached hydrogens (tertiary/aromatic N) is 2. The maximum absolute atomic E-state index is 13.0. The standard InChI is InChI=1S/C24H24N2O3S/c1-2-3-13-30-16-23(27)26-21(17-9-5-4-6-10-17)15-20(25-26)19-14-18-11-7-8-12-22(18)29-24(19)28/h4-12,14,21H,2-3,13,15-16H2,1H3/t21-/m1/s1. The average molecular weight is 421 g/mol. The van der Waals surface area contributed by atoms with E-state index in [1.807, 2.05) is 54.6 Å². The number of hydrogen-bond acceptors (Lipinski definition) is 5. The first kappa shape index (κ1) is 20.4. The molecule has 2 aromatic carbocycles. The second-order valence-corrected chi connectivity index (χ2v) is 8.41. The molecule has 1 amide bonds. The highest BCUT2D eigenvalue weighted by molar-refractivity contribution is 7.99. The Kier molecular flexibility index (Phi) is 6.33. The lowest BCUT2D eigenvalue weighted by Crippen LogP contribution is -2.28. The van der Waals surface area contributed by atoms with Crippen molar-refractivity contribution in [3.05, 3.63) is 82.2 Å². The molecular weight excluding hydrogens is 396 g/mol. The molecule has 154 valence electrons. The molecule has 0 bridgehead atoms. The molecule has 0 aliphatic carbocycles. The Hall–Kier alpha value is -2.86. The van der Waals surface area contributed by atoms with E-state index in [1.54, 1.807) is 22.8 Å². The van der Waals surface area contributed by atoms with Crippen LogP contribution in [0.2, 0.25) is 0 Å². The van der Waals surface area contributed by atoms with Gasteiger partial charge in [0.05, 0.1) is 23.1 Å². The van der Waals surface area contributed by atoms with E-state index in [2.05, 4.69) is 12.0 Å². The third-order valence-corrected chi connectivity index (χ3v) is 6.20. The van der Waals surface area contributed by atoms with Crippen LogP contribution in [-0.2, 0) is 4.79 Å². The van der Waals surface area contributed by atoms with Gasteiger partial charge in [0.15, 0.2) is 0 Å². The van der Waals surface area contributed by atoms with Crippen molar-refractivity contribution in [3.63, 3.8) is 0 Å². The van der Waals surface area contributed by atoms with Crippen LogP contribution in [0.15, 0.2) is 75.0 Å². The average Bonchev–Trinajstić information content (AvgIpc) is 3.22. The molecule has 2 heterocycles. The second kappa shape index (κ2) is 9.30. The fourth-order valence-corrected chi connectivity index (χ4v) is 4.52. The summed E-state index contributed by atoms with van der Waals surface area (Å²) in [6.45, 7) is 2.14. The van der Waals surface area contributed by atoms with E-state index in [9.17, 15) is 9.59 Å². The molecule has 0 unspecified atom stereocenters. The van der Waals surface area contributed by atoms with Gasteiger partial charge in [-0.3, -0.25) is 4.79 Å². The summed E-state index contributed by atoms with van der Waals surface area (Å²) >= 11 is 1.63. The SMILES string of the molecule is CCCCSCC(=O)N1N=C(c2cc3ccccc3oc2=O)C[C@@H]1c1ccccc1. The van der Waals surface area contributed by atoms with Crippen LogP contribution in [-0.4, -0.2) is 28.1 Å². The van der Waals surface area contributed by atoms with Crippen LogP contribution in [0.4, 0.5) is 0 Å². The number of thioether (sulfide) groups is 1. The summed E-state index contributed by atoms with van der Waals surface area (Å²) in [4.78, 5) is 25.6. The summed E-state index contributed by atoms with van der Waals surface area (Å²) < 4.78 is 5.49. The summed E-state index contributed by atoms with van der Waals surface area (Å²) in [6.07, 6.45) is 2.68. The minimum atomic E-state index is -0.425. The number of amides is 1. The number of carbonyl (C=O) groups excluding carboxylic acids is 1. The summed E-state index contributed by atoms with van der Waals surface area (Å²) in [6, 6.07) is 18.9. The molecule has 3 aromatic rings. The van der Waals surface area contributed by atoms with Gasteiger partial charge in [0.1, 0.15) is 5.58 Å². The predicted octanol–water partition coefficient (Wildman–Crippen LogP) is 5.00. The lowest BCUT2D eigenvalue weighted by atomic mass is 9.99. The van der Waals surface area contributed by atoms with Crippen molar-refractivity contribution in [2.24, 2.45) is 5.10 Å². The largest absolute Gasteiger partial charge is 0.422 e. The Morgan fingerprint density at radius 1 is 1.17 bits per heavy atom. The Morgan fingerprint density at radius 3 is 2.73 bits per heavy atom. The third-order valence-electron chi connectivity index (χ3n) is 5.17. The Morgan fingerprint density at radius 2 is 1.93 bits per heavy atom. The highest BCUT2D eigenvalue weighted by Gasteiger charge is 2.34. The molecule has 1 atom stereocenters. The molecule has 6 heteroatoms. The van der Waals surface area contributed by atoms with Crippen LogP contribution in [0.25, 0.3) is 11.0 Å². The molecule has 0 fully saturated rings. The molecule has 30 heavy (non-hydrogen) atoms. The fraction of sp³-hybridized carbons (Fsp3) is 0.292. The Bertz CT molecular complexity index is 1120. The lowest BCUT2D eigenvalue weighted by Gasteiger charge is -2.22. The van der Waals surface area contributed by atoms with Gasteiger partial charge < -0.3 is 4.42 Å². The van der Waals surface area contributed by atoms with E-state index in [0.29, 0.717) is 29.0 Å². The van der Waals surface area contributed by atoms with Gasteiger partial charge in [0, 0.05) is 11.8 Å². The molecule has 0 N–H and O–H groups in total. The molecule has 1 aliphatic rings. The minimum Gasteiger partial charge on any atom is -0.422 e. The fourth-order valence-electron chi connectivity index (χ4n) is 3.57. The molecule has 0 radical (unpaired) electrons. The van der Waals surface area contributed by atoms with Gasteiger partial charge >= 0.3 is 5.63 Å². The zero-order valence-electron chi connectivity index (χ0n) is 16.9. The summed E-state index contributed by atoms with van der Waals surface area (Å²) in [7, 11) is 0. The van der Waals surface area contributed by atoms with E-state index in [0.717, 1.165) is 29.5 Å². The van der Waals surface area contributed by atoms with E-state index in [1.165, 1.54) is 0 Å². The number of fused-ring (bicyclic) bond motifs is 1. The Balaban J connectivity index is 1.66. The van der Waals surface area contributed by atoms with Gasteiger partial charge in [0.25, 0.3) is 5.91 Å². The van der Waals surface area contributed by atoms with Gasteiger partial charge in [-0.25, -0.2) is 9.80 Å². The van der Waals surface area contributed by atoms with Crippen molar-refractivity contribution < 1.29 is 9.21 Å². The number of hydrogen-bond donors (Lipinski definition) is 0. The minimum absolute atomic E-state index is 0.0369. The molecule has 0 saturated carbocycles.